The Kier molecular flexibility index (Phi) is 4.70. The Balaban J connectivity index is 2.95. The molecule has 0 heterocycles. The molecule has 1 aromatic rings. The summed E-state index contributed by atoms with van der Waals surface area (Å²) in [5.74, 6) is 0. The number of halogens is 3. The van der Waals surface area contributed by atoms with Gasteiger partial charge in [0, 0.05) is 5.25 Å². The first-order chi connectivity index (χ1) is 7.82. The Hall–Kier alpha value is -0.880. The zero-order valence-corrected chi connectivity index (χ0v) is 10.3. The second-order valence-electron chi connectivity index (χ2n) is 3.85. The van der Waals surface area contributed by atoms with Gasteiger partial charge in [0.05, 0.1) is 11.0 Å². The van der Waals surface area contributed by atoms with Gasteiger partial charge in [0.2, 0.25) is 0 Å². The number of alkyl halides is 3. The summed E-state index contributed by atoms with van der Waals surface area (Å²) < 4.78 is 52.1. The van der Waals surface area contributed by atoms with E-state index in [0.29, 0.717) is 0 Å². The summed E-state index contributed by atoms with van der Waals surface area (Å²) in [6.07, 6.45) is -4.47. The van der Waals surface area contributed by atoms with E-state index in [-0.39, 0.29) is 10.8 Å². The Morgan fingerprint density at radius 3 is 2.12 bits per heavy atom. The Morgan fingerprint density at radius 2 is 1.71 bits per heavy atom. The molecule has 6 heteroatoms. The van der Waals surface area contributed by atoms with E-state index < -0.39 is 23.2 Å². The molecular formula is C11H14F3NOS. The third kappa shape index (κ3) is 4.12. The van der Waals surface area contributed by atoms with E-state index in [0.717, 1.165) is 0 Å². The molecule has 0 aliphatic rings. The molecule has 0 spiro atoms. The maximum Gasteiger partial charge on any atom is 0.408 e. The average Bonchev–Trinajstić information content (AvgIpc) is 2.25. The van der Waals surface area contributed by atoms with Crippen LogP contribution < -0.4 is 4.72 Å². The molecule has 2 nitrogen and oxygen atoms in total. The summed E-state index contributed by atoms with van der Waals surface area (Å²) >= 11 is 0. The molecule has 2 atom stereocenters. The normalized spacial score (nSPS) is 15.9. The largest absolute Gasteiger partial charge is 0.408 e. The number of hydrogen-bond acceptors (Lipinski definition) is 1. The molecule has 17 heavy (non-hydrogen) atoms. The third-order valence-corrected chi connectivity index (χ3v) is 3.45. The second-order valence-corrected chi connectivity index (χ2v) is 5.62. The number of nitrogens with one attached hydrogen (secondary N) is 1. The van der Waals surface area contributed by atoms with Gasteiger partial charge in [0.25, 0.3) is 0 Å². The molecule has 0 unspecified atom stereocenters. The van der Waals surface area contributed by atoms with Gasteiger partial charge in [-0.1, -0.05) is 30.3 Å². The highest BCUT2D eigenvalue weighted by atomic mass is 32.2. The van der Waals surface area contributed by atoms with Crippen LogP contribution in [0.3, 0.4) is 0 Å². The Labute approximate surface area is 101 Å². The van der Waals surface area contributed by atoms with Gasteiger partial charge in [-0.15, -0.1) is 0 Å². The van der Waals surface area contributed by atoms with Crippen LogP contribution in [-0.4, -0.2) is 15.6 Å². The van der Waals surface area contributed by atoms with Crippen molar-refractivity contribution in [2.45, 2.75) is 31.3 Å². The summed E-state index contributed by atoms with van der Waals surface area (Å²) in [6.45, 7) is 3.20. The summed E-state index contributed by atoms with van der Waals surface area (Å²) in [5, 5.41) is -0.372. The van der Waals surface area contributed by atoms with Crippen LogP contribution in [-0.2, 0) is 11.0 Å². The van der Waals surface area contributed by atoms with Crippen molar-refractivity contribution >= 4 is 11.0 Å². The summed E-state index contributed by atoms with van der Waals surface area (Å²) in [6, 6.07) is 5.51. The second kappa shape index (κ2) is 5.64. The van der Waals surface area contributed by atoms with E-state index in [1.54, 1.807) is 19.9 Å². The molecule has 96 valence electrons. The lowest BCUT2D eigenvalue weighted by Gasteiger charge is -2.22. The summed E-state index contributed by atoms with van der Waals surface area (Å²) in [7, 11) is -1.72. The van der Waals surface area contributed by atoms with Gasteiger partial charge in [-0.25, -0.2) is 8.93 Å². The third-order valence-electron chi connectivity index (χ3n) is 2.12. The number of benzene rings is 1. The SMILES string of the molecule is CC(C)[S@](=O)N[C@H](c1ccccc1)C(F)(F)F. The van der Waals surface area contributed by atoms with E-state index >= 15 is 0 Å². The van der Waals surface area contributed by atoms with Crippen molar-refractivity contribution in [2.24, 2.45) is 0 Å². The fourth-order valence-electron chi connectivity index (χ4n) is 1.22. The molecule has 0 saturated heterocycles. The van der Waals surface area contributed by atoms with Crippen molar-refractivity contribution in [2.75, 3.05) is 0 Å². The van der Waals surface area contributed by atoms with Crippen LogP contribution in [0.2, 0.25) is 0 Å². The van der Waals surface area contributed by atoms with E-state index in [1.165, 1.54) is 24.3 Å². The van der Waals surface area contributed by atoms with Gasteiger partial charge >= 0.3 is 6.18 Å². The maximum absolute atomic E-state index is 12.8. The van der Waals surface area contributed by atoms with E-state index in [1.807, 2.05) is 0 Å². The van der Waals surface area contributed by atoms with Gasteiger partial charge in [-0.05, 0) is 19.4 Å². The predicted octanol–water partition coefficient (Wildman–Crippen LogP) is 2.95. The minimum Gasteiger partial charge on any atom is -0.243 e. The van der Waals surface area contributed by atoms with E-state index in [9.17, 15) is 17.4 Å². The standard InChI is InChI=1S/C11H14F3NOS/c1-8(2)17(16)15-10(11(12,13)14)9-6-4-3-5-7-9/h3-8,10,15H,1-2H3/t10-,17+/m1/s1. The smallest absolute Gasteiger partial charge is 0.243 e. The van der Waals surface area contributed by atoms with Gasteiger partial charge in [-0.2, -0.15) is 13.2 Å². The van der Waals surface area contributed by atoms with Gasteiger partial charge < -0.3 is 0 Å². The Morgan fingerprint density at radius 1 is 1.18 bits per heavy atom. The van der Waals surface area contributed by atoms with Crippen LogP contribution in [0.5, 0.6) is 0 Å². The molecule has 1 aromatic carbocycles. The monoisotopic (exact) mass is 265 g/mol. The van der Waals surface area contributed by atoms with Gasteiger partial charge in [0.15, 0.2) is 0 Å². The molecule has 0 bridgehead atoms. The van der Waals surface area contributed by atoms with Crippen molar-refractivity contribution in [1.82, 2.24) is 4.72 Å². The predicted molar refractivity (Wildman–Crippen MR) is 61.7 cm³/mol. The number of rotatable bonds is 4. The highest BCUT2D eigenvalue weighted by molar-refractivity contribution is 7.83. The van der Waals surface area contributed by atoms with Crippen LogP contribution in [0.4, 0.5) is 13.2 Å². The fourth-order valence-corrected chi connectivity index (χ4v) is 2.00. The quantitative estimate of drug-likeness (QED) is 0.891. The highest BCUT2D eigenvalue weighted by Gasteiger charge is 2.41. The molecule has 0 aromatic heterocycles. The first kappa shape index (κ1) is 14.2. The van der Waals surface area contributed by atoms with Crippen LogP contribution in [0.1, 0.15) is 25.5 Å². The van der Waals surface area contributed by atoms with Crippen LogP contribution in [0.15, 0.2) is 30.3 Å². The fraction of sp³-hybridized carbons (Fsp3) is 0.455. The van der Waals surface area contributed by atoms with Crippen molar-refractivity contribution in [3.8, 4) is 0 Å². The topological polar surface area (TPSA) is 29.1 Å². The average molecular weight is 265 g/mol. The first-order valence-electron chi connectivity index (χ1n) is 5.10. The van der Waals surface area contributed by atoms with Crippen molar-refractivity contribution < 1.29 is 17.4 Å². The molecule has 1 rings (SSSR count). The van der Waals surface area contributed by atoms with Gasteiger partial charge in [0.1, 0.15) is 6.04 Å². The van der Waals surface area contributed by atoms with Crippen molar-refractivity contribution in [3.05, 3.63) is 35.9 Å². The van der Waals surface area contributed by atoms with Crippen LogP contribution in [0.25, 0.3) is 0 Å². The van der Waals surface area contributed by atoms with Crippen LogP contribution >= 0.6 is 0 Å². The molecule has 0 aliphatic heterocycles. The summed E-state index contributed by atoms with van der Waals surface area (Å²) in [4.78, 5) is 0. The minimum absolute atomic E-state index is 0.0639. The molecule has 1 N–H and O–H groups in total. The van der Waals surface area contributed by atoms with E-state index in [4.69, 9.17) is 0 Å². The van der Waals surface area contributed by atoms with E-state index in [2.05, 4.69) is 4.72 Å². The maximum atomic E-state index is 12.8. The molecule has 0 saturated carbocycles. The lowest BCUT2D eigenvalue weighted by molar-refractivity contribution is -0.152. The zero-order chi connectivity index (χ0) is 13.1. The molecule has 0 radical (unpaired) electrons. The molecule has 0 fully saturated rings. The lowest BCUT2D eigenvalue weighted by Crippen LogP contribution is -2.37. The highest BCUT2D eigenvalue weighted by Crippen LogP contribution is 2.32. The summed E-state index contributed by atoms with van der Waals surface area (Å²) in [5.41, 5.74) is 0.0639. The van der Waals surface area contributed by atoms with Gasteiger partial charge in [-0.3, -0.25) is 0 Å². The lowest BCUT2D eigenvalue weighted by atomic mass is 10.1. The van der Waals surface area contributed by atoms with Crippen LogP contribution in [0, 0.1) is 0 Å². The number of hydrogen-bond donors (Lipinski definition) is 1. The molecule has 0 amide bonds. The Bertz CT molecular complexity index is 378. The van der Waals surface area contributed by atoms with Crippen molar-refractivity contribution in [3.63, 3.8) is 0 Å². The molecular weight excluding hydrogens is 251 g/mol. The zero-order valence-electron chi connectivity index (χ0n) is 9.49. The molecule has 0 aliphatic carbocycles. The minimum atomic E-state index is -4.47. The van der Waals surface area contributed by atoms with Crippen molar-refractivity contribution in [1.29, 1.82) is 0 Å². The first-order valence-corrected chi connectivity index (χ1v) is 6.32.